The van der Waals surface area contributed by atoms with Crippen LogP contribution in [0.25, 0.3) is 0 Å². The van der Waals surface area contributed by atoms with Gasteiger partial charge in [-0.25, -0.2) is 4.79 Å². The Hall–Kier alpha value is -1.39. The van der Waals surface area contributed by atoms with E-state index in [4.69, 9.17) is 4.74 Å². The summed E-state index contributed by atoms with van der Waals surface area (Å²) in [5.74, 6) is -0.308. The number of nitrogens with zero attached hydrogens (tertiary/aromatic N) is 1. The second-order valence-corrected chi connectivity index (χ2v) is 5.48. The number of aliphatic hydroxyl groups is 1. The second-order valence-electron chi connectivity index (χ2n) is 5.48. The lowest BCUT2D eigenvalue weighted by molar-refractivity contribution is 0.0451. The highest BCUT2D eigenvalue weighted by Crippen LogP contribution is 2.24. The molecule has 1 aromatic rings. The van der Waals surface area contributed by atoms with E-state index in [9.17, 15) is 9.90 Å². The van der Waals surface area contributed by atoms with Gasteiger partial charge in [0.15, 0.2) is 0 Å². The van der Waals surface area contributed by atoms with Crippen LogP contribution in [-0.2, 0) is 11.3 Å². The molecule has 1 aliphatic rings. The minimum atomic E-state index is -0.308. The fourth-order valence-corrected chi connectivity index (χ4v) is 2.95. The molecule has 2 unspecified atom stereocenters. The number of rotatable bonds is 4. The molecule has 2 atom stereocenters. The number of carbonyl (C=O) groups excluding carboxylic acids is 1. The molecule has 4 nitrogen and oxygen atoms in total. The molecule has 0 bridgehead atoms. The van der Waals surface area contributed by atoms with Crippen LogP contribution in [0.5, 0.6) is 0 Å². The third kappa shape index (κ3) is 3.38. The van der Waals surface area contributed by atoms with Gasteiger partial charge in [-0.05, 0) is 37.5 Å². The quantitative estimate of drug-likeness (QED) is 0.857. The lowest BCUT2D eigenvalue weighted by Gasteiger charge is -2.40. The highest BCUT2D eigenvalue weighted by molar-refractivity contribution is 5.89. The highest BCUT2D eigenvalue weighted by atomic mass is 16.5. The Morgan fingerprint density at radius 2 is 2.25 bits per heavy atom. The zero-order valence-corrected chi connectivity index (χ0v) is 12.2. The Kier molecular flexibility index (Phi) is 5.15. The largest absolute Gasteiger partial charge is 0.465 e. The van der Waals surface area contributed by atoms with Crippen molar-refractivity contribution in [2.75, 3.05) is 13.7 Å². The van der Waals surface area contributed by atoms with E-state index >= 15 is 0 Å². The van der Waals surface area contributed by atoms with E-state index < -0.39 is 0 Å². The molecule has 2 rings (SSSR count). The predicted molar refractivity (Wildman–Crippen MR) is 77.5 cm³/mol. The van der Waals surface area contributed by atoms with Crippen LogP contribution in [0.4, 0.5) is 0 Å². The van der Waals surface area contributed by atoms with Gasteiger partial charge in [0.05, 0.1) is 19.3 Å². The molecule has 20 heavy (non-hydrogen) atoms. The number of aliphatic hydroxyl groups excluding tert-OH is 1. The van der Waals surface area contributed by atoms with E-state index in [0.717, 1.165) is 24.9 Å². The van der Waals surface area contributed by atoms with Crippen LogP contribution in [-0.4, -0.2) is 41.8 Å². The molecule has 4 heteroatoms. The van der Waals surface area contributed by atoms with E-state index in [0.29, 0.717) is 11.6 Å². The number of ether oxygens (including phenoxy) is 1. The third-order valence-electron chi connectivity index (χ3n) is 4.12. The average Bonchev–Trinajstić information content (AvgIpc) is 2.48. The first-order valence-electron chi connectivity index (χ1n) is 7.19. The van der Waals surface area contributed by atoms with Crippen LogP contribution in [0.1, 0.15) is 42.1 Å². The van der Waals surface area contributed by atoms with Gasteiger partial charge in [0.1, 0.15) is 0 Å². The highest BCUT2D eigenvalue weighted by Gasteiger charge is 2.27. The first-order chi connectivity index (χ1) is 9.65. The molecule has 0 aliphatic carbocycles. The van der Waals surface area contributed by atoms with Crippen molar-refractivity contribution in [1.82, 2.24) is 4.90 Å². The Bertz CT molecular complexity index is 461. The van der Waals surface area contributed by atoms with Crippen LogP contribution in [0.2, 0.25) is 0 Å². The van der Waals surface area contributed by atoms with Crippen molar-refractivity contribution in [2.45, 2.75) is 44.8 Å². The second kappa shape index (κ2) is 6.86. The van der Waals surface area contributed by atoms with Gasteiger partial charge in [-0.3, -0.25) is 4.90 Å². The Balaban J connectivity index is 2.13. The number of benzene rings is 1. The minimum absolute atomic E-state index is 0.195. The van der Waals surface area contributed by atoms with Crippen molar-refractivity contribution in [3.8, 4) is 0 Å². The maximum atomic E-state index is 11.6. The van der Waals surface area contributed by atoms with Crippen LogP contribution in [0.15, 0.2) is 24.3 Å². The van der Waals surface area contributed by atoms with Crippen molar-refractivity contribution in [3.05, 3.63) is 35.4 Å². The fourth-order valence-electron chi connectivity index (χ4n) is 2.95. The molecule has 0 aromatic heterocycles. The van der Waals surface area contributed by atoms with Gasteiger partial charge >= 0.3 is 5.97 Å². The van der Waals surface area contributed by atoms with Crippen LogP contribution < -0.4 is 0 Å². The van der Waals surface area contributed by atoms with E-state index in [2.05, 4.69) is 11.8 Å². The smallest absolute Gasteiger partial charge is 0.337 e. The first kappa shape index (κ1) is 15.0. The zero-order chi connectivity index (χ0) is 14.5. The molecule has 0 amide bonds. The van der Waals surface area contributed by atoms with Crippen LogP contribution in [0.3, 0.4) is 0 Å². The topological polar surface area (TPSA) is 49.8 Å². The molecule has 1 heterocycles. The molecule has 1 aliphatic heterocycles. The number of esters is 1. The number of hydrogen-bond donors (Lipinski definition) is 1. The zero-order valence-electron chi connectivity index (χ0n) is 12.2. The van der Waals surface area contributed by atoms with Gasteiger partial charge in [-0.15, -0.1) is 0 Å². The molecule has 0 radical (unpaired) electrons. The molecule has 1 fully saturated rings. The average molecular weight is 277 g/mol. The van der Waals surface area contributed by atoms with Gasteiger partial charge in [-0.2, -0.15) is 0 Å². The van der Waals surface area contributed by atoms with Gasteiger partial charge < -0.3 is 9.84 Å². The summed E-state index contributed by atoms with van der Waals surface area (Å²) in [6, 6.07) is 8.22. The summed E-state index contributed by atoms with van der Waals surface area (Å²) >= 11 is 0. The number of hydrogen-bond acceptors (Lipinski definition) is 4. The van der Waals surface area contributed by atoms with Crippen molar-refractivity contribution >= 4 is 5.97 Å². The lowest BCUT2D eigenvalue weighted by atomic mass is 9.96. The summed E-state index contributed by atoms with van der Waals surface area (Å²) in [4.78, 5) is 13.9. The summed E-state index contributed by atoms with van der Waals surface area (Å²) in [7, 11) is 1.39. The van der Waals surface area contributed by atoms with Crippen molar-refractivity contribution in [2.24, 2.45) is 0 Å². The fraction of sp³-hybridized carbons (Fsp3) is 0.562. The number of methoxy groups -OCH3 is 1. The molecular formula is C16H23NO3. The van der Waals surface area contributed by atoms with Crippen molar-refractivity contribution < 1.29 is 14.6 Å². The van der Waals surface area contributed by atoms with Crippen LogP contribution in [0, 0.1) is 0 Å². The van der Waals surface area contributed by atoms with E-state index in [-0.39, 0.29) is 18.6 Å². The van der Waals surface area contributed by atoms with Crippen molar-refractivity contribution in [3.63, 3.8) is 0 Å². The van der Waals surface area contributed by atoms with Gasteiger partial charge in [0.25, 0.3) is 0 Å². The summed E-state index contributed by atoms with van der Waals surface area (Å²) in [5.41, 5.74) is 1.66. The Morgan fingerprint density at radius 3 is 2.95 bits per heavy atom. The summed E-state index contributed by atoms with van der Waals surface area (Å²) in [6.07, 6.45) is 3.37. The Labute approximate surface area is 120 Å². The maximum Gasteiger partial charge on any atom is 0.337 e. The first-order valence-corrected chi connectivity index (χ1v) is 7.19. The van der Waals surface area contributed by atoms with Crippen LogP contribution >= 0.6 is 0 Å². The van der Waals surface area contributed by atoms with E-state index in [1.165, 1.54) is 13.5 Å². The van der Waals surface area contributed by atoms with Gasteiger partial charge in [0.2, 0.25) is 0 Å². The minimum Gasteiger partial charge on any atom is -0.465 e. The van der Waals surface area contributed by atoms with Gasteiger partial charge in [0, 0.05) is 18.6 Å². The number of piperidine rings is 1. The molecular weight excluding hydrogens is 254 g/mol. The lowest BCUT2D eigenvalue weighted by Crippen LogP contribution is -2.46. The predicted octanol–water partition coefficient (Wildman–Crippen LogP) is 2.21. The molecule has 0 spiro atoms. The van der Waals surface area contributed by atoms with Gasteiger partial charge in [-0.1, -0.05) is 18.6 Å². The summed E-state index contributed by atoms with van der Waals surface area (Å²) in [6.45, 7) is 3.16. The normalized spacial score (nSPS) is 23.6. The number of carbonyl (C=O) groups is 1. The third-order valence-corrected chi connectivity index (χ3v) is 4.12. The van der Waals surface area contributed by atoms with Crippen molar-refractivity contribution in [1.29, 1.82) is 0 Å². The number of likely N-dealkylation sites (tertiary alicyclic amines) is 1. The summed E-state index contributed by atoms with van der Waals surface area (Å²) < 4.78 is 4.75. The maximum absolute atomic E-state index is 11.6. The molecule has 1 aromatic carbocycles. The summed E-state index contributed by atoms with van der Waals surface area (Å²) in [5, 5.41) is 9.52. The monoisotopic (exact) mass is 277 g/mol. The molecule has 110 valence electrons. The van der Waals surface area contributed by atoms with E-state index in [1.54, 1.807) is 6.07 Å². The SMILES string of the molecule is COC(=O)c1cccc(CN2C(C)CCCC2CO)c1. The molecule has 0 saturated carbocycles. The standard InChI is InChI=1S/C16H23NO3/c1-12-5-3-8-15(11-18)17(12)10-13-6-4-7-14(9-13)16(19)20-2/h4,6-7,9,12,15,18H,3,5,8,10-11H2,1-2H3. The van der Waals surface area contributed by atoms with E-state index in [1.807, 2.05) is 18.2 Å². The molecule has 1 saturated heterocycles. The molecule has 1 N–H and O–H groups in total. The Morgan fingerprint density at radius 1 is 1.45 bits per heavy atom.